The third-order valence-corrected chi connectivity index (χ3v) is 4.06. The molecule has 1 unspecified atom stereocenters. The smallest absolute Gasteiger partial charge is 0.223 e. The number of rotatable bonds is 6. The summed E-state index contributed by atoms with van der Waals surface area (Å²) >= 11 is 1.83. The van der Waals surface area contributed by atoms with Gasteiger partial charge in [-0.15, -0.1) is 11.3 Å². The van der Waals surface area contributed by atoms with Crippen LogP contribution in [0.4, 0.5) is 0 Å². The van der Waals surface area contributed by atoms with E-state index in [2.05, 4.69) is 41.6 Å². The zero-order chi connectivity index (χ0) is 15.8. The number of aliphatic imine (C=N–C) groups is 1. The Balaban J connectivity index is 2.34. The van der Waals surface area contributed by atoms with E-state index in [4.69, 9.17) is 0 Å². The number of hydrogen-bond donors (Lipinski definition) is 2. The van der Waals surface area contributed by atoms with Crippen molar-refractivity contribution in [2.45, 2.75) is 32.7 Å². The fourth-order valence-corrected chi connectivity index (χ4v) is 2.91. The van der Waals surface area contributed by atoms with Crippen molar-refractivity contribution in [1.82, 2.24) is 15.5 Å². The number of thiophene rings is 1. The first-order chi connectivity index (χ1) is 9.92. The van der Waals surface area contributed by atoms with Crippen LogP contribution < -0.4 is 10.6 Å². The van der Waals surface area contributed by atoms with Crippen LogP contribution in [0.2, 0.25) is 0 Å². The van der Waals surface area contributed by atoms with Gasteiger partial charge in [0.1, 0.15) is 0 Å². The first kappa shape index (κ1) is 17.5. The number of nitrogens with one attached hydrogen (secondary N) is 2. The van der Waals surface area contributed by atoms with Gasteiger partial charge in [0.05, 0.1) is 0 Å². The lowest BCUT2D eigenvalue weighted by atomic mass is 10.2. The average molecular weight is 310 g/mol. The Morgan fingerprint density at radius 1 is 1.43 bits per heavy atom. The fourth-order valence-electron chi connectivity index (χ4n) is 1.89. The predicted octanol–water partition coefficient (Wildman–Crippen LogP) is 1.63. The first-order valence-corrected chi connectivity index (χ1v) is 7.96. The van der Waals surface area contributed by atoms with E-state index < -0.39 is 0 Å². The fraction of sp³-hybridized carbons (Fsp3) is 0.600. The summed E-state index contributed by atoms with van der Waals surface area (Å²) in [6, 6.07) is 4.61. The van der Waals surface area contributed by atoms with Crippen molar-refractivity contribution in [2.24, 2.45) is 4.99 Å². The van der Waals surface area contributed by atoms with E-state index in [9.17, 15) is 4.79 Å². The number of guanidine groups is 1. The van der Waals surface area contributed by atoms with Crippen molar-refractivity contribution in [2.75, 3.05) is 27.7 Å². The van der Waals surface area contributed by atoms with Gasteiger partial charge in [-0.3, -0.25) is 9.79 Å². The average Bonchev–Trinajstić information content (AvgIpc) is 2.82. The molecule has 0 spiro atoms. The van der Waals surface area contributed by atoms with Crippen LogP contribution in [0.15, 0.2) is 17.1 Å². The molecule has 0 fully saturated rings. The summed E-state index contributed by atoms with van der Waals surface area (Å²) in [7, 11) is 5.27. The second-order valence-corrected chi connectivity index (χ2v) is 6.67. The number of amides is 1. The van der Waals surface area contributed by atoms with E-state index in [1.807, 2.05) is 11.3 Å². The molecule has 21 heavy (non-hydrogen) atoms. The molecule has 0 aromatic carbocycles. The summed E-state index contributed by atoms with van der Waals surface area (Å²) in [5, 5.41) is 6.52. The van der Waals surface area contributed by atoms with Gasteiger partial charge >= 0.3 is 0 Å². The highest BCUT2D eigenvalue weighted by Crippen LogP contribution is 2.16. The third kappa shape index (κ3) is 6.62. The molecule has 0 aliphatic rings. The van der Waals surface area contributed by atoms with Gasteiger partial charge in [0.25, 0.3) is 0 Å². The van der Waals surface area contributed by atoms with Gasteiger partial charge < -0.3 is 15.5 Å². The van der Waals surface area contributed by atoms with Gasteiger partial charge in [-0.2, -0.15) is 0 Å². The summed E-state index contributed by atoms with van der Waals surface area (Å²) in [6.45, 7) is 4.84. The molecule has 1 amide bonds. The number of nitrogens with zero attached hydrogens (tertiary/aromatic N) is 2. The van der Waals surface area contributed by atoms with Crippen LogP contribution in [-0.2, 0) is 11.2 Å². The van der Waals surface area contributed by atoms with Crippen molar-refractivity contribution < 1.29 is 4.79 Å². The number of carbonyl (C=O) groups is 1. The van der Waals surface area contributed by atoms with Crippen molar-refractivity contribution >= 4 is 23.2 Å². The quantitative estimate of drug-likeness (QED) is 0.620. The van der Waals surface area contributed by atoms with Crippen LogP contribution in [0.3, 0.4) is 0 Å². The highest BCUT2D eigenvalue weighted by atomic mass is 32.1. The molecule has 1 aromatic rings. The maximum atomic E-state index is 11.5. The molecule has 0 saturated heterocycles. The topological polar surface area (TPSA) is 56.7 Å². The molecule has 6 heteroatoms. The van der Waals surface area contributed by atoms with E-state index >= 15 is 0 Å². The Bertz CT molecular complexity index is 482. The number of aryl methyl sites for hydroxylation is 1. The van der Waals surface area contributed by atoms with E-state index in [0.29, 0.717) is 19.0 Å². The highest BCUT2D eigenvalue weighted by molar-refractivity contribution is 7.11. The van der Waals surface area contributed by atoms with E-state index in [0.717, 1.165) is 12.4 Å². The van der Waals surface area contributed by atoms with Crippen LogP contribution in [-0.4, -0.2) is 50.5 Å². The Morgan fingerprint density at radius 3 is 2.67 bits per heavy atom. The Kier molecular flexibility index (Phi) is 7.22. The first-order valence-electron chi connectivity index (χ1n) is 7.15. The molecule has 2 N–H and O–H groups in total. The molecule has 1 atom stereocenters. The van der Waals surface area contributed by atoms with Gasteiger partial charge in [0.15, 0.2) is 5.96 Å². The van der Waals surface area contributed by atoms with Crippen molar-refractivity contribution in [3.8, 4) is 0 Å². The van der Waals surface area contributed by atoms with Gasteiger partial charge in [0.2, 0.25) is 5.91 Å². The summed E-state index contributed by atoms with van der Waals surface area (Å²) in [5.41, 5.74) is 0. The van der Waals surface area contributed by atoms with E-state index in [-0.39, 0.29) is 5.91 Å². The summed E-state index contributed by atoms with van der Waals surface area (Å²) in [5.74, 6) is 0.849. The number of hydrogen-bond acceptors (Lipinski definition) is 3. The lowest BCUT2D eigenvalue weighted by Gasteiger charge is -2.18. The van der Waals surface area contributed by atoms with Crippen LogP contribution in [0.25, 0.3) is 0 Å². The Hall–Kier alpha value is -1.56. The molecule has 1 rings (SSSR count). The largest absolute Gasteiger partial charge is 0.356 e. The SMILES string of the molecule is CN=C(NCCC(=O)N(C)C)NC(C)Cc1ccc(C)s1. The molecule has 118 valence electrons. The minimum Gasteiger partial charge on any atom is -0.356 e. The van der Waals surface area contributed by atoms with Gasteiger partial charge in [-0.05, 0) is 26.0 Å². The van der Waals surface area contributed by atoms with Crippen molar-refractivity contribution in [3.05, 3.63) is 21.9 Å². The molecule has 0 aliphatic carbocycles. The molecule has 1 aromatic heterocycles. The van der Waals surface area contributed by atoms with E-state index in [1.165, 1.54) is 9.75 Å². The molecule has 0 aliphatic heterocycles. The lowest BCUT2D eigenvalue weighted by molar-refractivity contribution is -0.128. The predicted molar refractivity (Wildman–Crippen MR) is 90.0 cm³/mol. The Morgan fingerprint density at radius 2 is 2.14 bits per heavy atom. The molecule has 1 heterocycles. The van der Waals surface area contributed by atoms with E-state index in [1.54, 1.807) is 26.0 Å². The highest BCUT2D eigenvalue weighted by Gasteiger charge is 2.08. The zero-order valence-electron chi connectivity index (χ0n) is 13.6. The monoisotopic (exact) mass is 310 g/mol. The normalized spacial score (nSPS) is 12.9. The molecular weight excluding hydrogens is 284 g/mol. The Labute approximate surface area is 131 Å². The van der Waals surface area contributed by atoms with Crippen LogP contribution in [0.1, 0.15) is 23.1 Å². The summed E-state index contributed by atoms with van der Waals surface area (Å²) < 4.78 is 0. The molecule has 0 radical (unpaired) electrons. The van der Waals surface area contributed by atoms with Crippen molar-refractivity contribution in [1.29, 1.82) is 0 Å². The second kappa shape index (κ2) is 8.67. The van der Waals surface area contributed by atoms with Crippen LogP contribution in [0, 0.1) is 6.92 Å². The van der Waals surface area contributed by atoms with Crippen LogP contribution >= 0.6 is 11.3 Å². The maximum Gasteiger partial charge on any atom is 0.223 e. The van der Waals surface area contributed by atoms with Crippen molar-refractivity contribution in [3.63, 3.8) is 0 Å². The molecule has 0 saturated carbocycles. The zero-order valence-corrected chi connectivity index (χ0v) is 14.4. The van der Waals surface area contributed by atoms with Gasteiger partial charge in [-0.1, -0.05) is 0 Å². The minimum atomic E-state index is 0.111. The third-order valence-electron chi connectivity index (χ3n) is 3.04. The summed E-state index contributed by atoms with van der Waals surface area (Å²) in [6.07, 6.45) is 1.43. The van der Waals surface area contributed by atoms with Crippen LogP contribution in [0.5, 0.6) is 0 Å². The summed E-state index contributed by atoms with van der Waals surface area (Å²) in [4.78, 5) is 20.0. The number of carbonyl (C=O) groups excluding carboxylic acids is 1. The second-order valence-electron chi connectivity index (χ2n) is 5.30. The maximum absolute atomic E-state index is 11.5. The van der Waals surface area contributed by atoms with Gasteiger partial charge in [-0.25, -0.2) is 0 Å². The molecule has 0 bridgehead atoms. The molecular formula is C15H26N4OS. The molecule has 5 nitrogen and oxygen atoms in total. The standard InChI is InChI=1S/C15H26N4OS/c1-11(10-13-7-6-12(2)21-13)18-15(16-3)17-9-8-14(20)19(4)5/h6-7,11H,8-10H2,1-5H3,(H2,16,17,18). The minimum absolute atomic E-state index is 0.111. The van der Waals surface area contributed by atoms with Gasteiger partial charge in [0, 0.05) is 56.3 Å². The lowest BCUT2D eigenvalue weighted by Crippen LogP contribution is -2.44.